The Hall–Kier alpha value is -2.70. The number of hydrogen-bond acceptors (Lipinski definition) is 4. The average molecular weight is 391 g/mol. The molecule has 0 aliphatic rings. The molecule has 3 rings (SSSR count). The monoisotopic (exact) mass is 390 g/mol. The Bertz CT molecular complexity index is 981. The molecule has 0 bridgehead atoms. The summed E-state index contributed by atoms with van der Waals surface area (Å²) in [5, 5.41) is 6.22. The lowest BCUT2D eigenvalue weighted by molar-refractivity contribution is 0.102. The van der Waals surface area contributed by atoms with Gasteiger partial charge < -0.3 is 10.6 Å². The van der Waals surface area contributed by atoms with E-state index in [0.717, 1.165) is 5.56 Å². The van der Waals surface area contributed by atoms with Crippen molar-refractivity contribution in [3.05, 3.63) is 75.8 Å². The molecule has 26 heavy (non-hydrogen) atoms. The molecule has 5 nitrogen and oxygen atoms in total. The molecule has 0 saturated heterocycles. The first-order valence-corrected chi connectivity index (χ1v) is 8.30. The second-order valence-corrected chi connectivity index (χ2v) is 6.28. The molecule has 0 radical (unpaired) electrons. The molecule has 0 atom stereocenters. The van der Waals surface area contributed by atoms with Crippen LogP contribution in [0.4, 0.5) is 21.7 Å². The largest absolute Gasteiger partial charge is 0.324 e. The van der Waals surface area contributed by atoms with Crippen LogP contribution in [-0.2, 0) is 0 Å². The van der Waals surface area contributed by atoms with Crippen molar-refractivity contribution in [2.24, 2.45) is 0 Å². The Kier molecular flexibility index (Phi) is 5.35. The normalized spacial score (nSPS) is 10.5. The minimum Gasteiger partial charge on any atom is -0.324 e. The summed E-state index contributed by atoms with van der Waals surface area (Å²) in [7, 11) is 0. The predicted molar refractivity (Wildman–Crippen MR) is 101 cm³/mol. The molecule has 0 fully saturated rings. The Morgan fingerprint density at radius 3 is 2.65 bits per heavy atom. The third-order valence-corrected chi connectivity index (χ3v) is 4.03. The molecule has 2 aromatic carbocycles. The average Bonchev–Trinajstić information content (AvgIpc) is 2.61. The quantitative estimate of drug-likeness (QED) is 0.640. The highest BCUT2D eigenvalue weighted by atomic mass is 35.5. The Morgan fingerprint density at radius 1 is 1.12 bits per heavy atom. The van der Waals surface area contributed by atoms with Gasteiger partial charge in [-0.15, -0.1) is 0 Å². The van der Waals surface area contributed by atoms with Gasteiger partial charge in [-0.1, -0.05) is 23.2 Å². The van der Waals surface area contributed by atoms with E-state index in [4.69, 9.17) is 23.2 Å². The van der Waals surface area contributed by atoms with E-state index < -0.39 is 11.7 Å². The fourth-order valence-electron chi connectivity index (χ4n) is 2.20. The topological polar surface area (TPSA) is 66.9 Å². The molecule has 0 unspecified atom stereocenters. The summed E-state index contributed by atoms with van der Waals surface area (Å²) in [6.45, 7) is 1.84. The van der Waals surface area contributed by atoms with Gasteiger partial charge in [-0.05, 0) is 55.0 Å². The number of aromatic nitrogens is 2. The minimum atomic E-state index is -0.524. The molecule has 0 saturated carbocycles. The molecule has 8 heteroatoms. The van der Waals surface area contributed by atoms with Gasteiger partial charge in [-0.3, -0.25) is 4.79 Å². The molecule has 1 amide bonds. The smallest absolute Gasteiger partial charge is 0.274 e. The highest BCUT2D eigenvalue weighted by Gasteiger charge is 2.11. The van der Waals surface area contributed by atoms with Crippen LogP contribution < -0.4 is 10.6 Å². The number of amides is 1. The summed E-state index contributed by atoms with van der Waals surface area (Å²) >= 11 is 11.7. The summed E-state index contributed by atoms with van der Waals surface area (Å²) in [5.74, 6) is -0.726. The second kappa shape index (κ2) is 7.68. The van der Waals surface area contributed by atoms with Gasteiger partial charge in [-0.2, -0.15) is 0 Å². The highest BCUT2D eigenvalue weighted by Crippen LogP contribution is 2.22. The SMILES string of the molecule is Cc1cc(Cl)ccc1NC(=O)c1ccnc(Nc2ccc(F)c(Cl)c2)n1. The molecular formula is C18H13Cl2FN4O. The summed E-state index contributed by atoms with van der Waals surface area (Å²) in [4.78, 5) is 20.6. The van der Waals surface area contributed by atoms with Crippen molar-refractivity contribution in [3.8, 4) is 0 Å². The molecule has 1 aromatic heterocycles. The maximum absolute atomic E-state index is 13.2. The fraction of sp³-hybridized carbons (Fsp3) is 0.0556. The number of rotatable bonds is 4. The van der Waals surface area contributed by atoms with Crippen molar-refractivity contribution in [1.82, 2.24) is 9.97 Å². The highest BCUT2D eigenvalue weighted by molar-refractivity contribution is 6.31. The van der Waals surface area contributed by atoms with E-state index in [-0.39, 0.29) is 16.7 Å². The van der Waals surface area contributed by atoms with Crippen LogP contribution in [0.5, 0.6) is 0 Å². The zero-order chi connectivity index (χ0) is 18.7. The summed E-state index contributed by atoms with van der Waals surface area (Å²) < 4.78 is 13.2. The van der Waals surface area contributed by atoms with E-state index in [0.29, 0.717) is 16.4 Å². The van der Waals surface area contributed by atoms with Crippen molar-refractivity contribution < 1.29 is 9.18 Å². The maximum Gasteiger partial charge on any atom is 0.274 e. The number of benzene rings is 2. The number of aryl methyl sites for hydroxylation is 1. The standard InChI is InChI=1S/C18H13Cl2FN4O/c1-10-8-11(19)2-5-15(10)24-17(26)16-6-7-22-18(25-16)23-12-3-4-14(21)13(20)9-12/h2-9H,1H3,(H,24,26)(H,22,23,25). The van der Waals surface area contributed by atoms with Crippen LogP contribution in [0.2, 0.25) is 10.0 Å². The van der Waals surface area contributed by atoms with Crippen LogP contribution in [-0.4, -0.2) is 15.9 Å². The number of nitrogens with zero attached hydrogens (tertiary/aromatic N) is 2. The summed E-state index contributed by atoms with van der Waals surface area (Å²) in [6.07, 6.45) is 1.45. The van der Waals surface area contributed by atoms with E-state index in [1.807, 2.05) is 6.92 Å². The molecule has 0 aliphatic carbocycles. The molecule has 0 aliphatic heterocycles. The van der Waals surface area contributed by atoms with Crippen LogP contribution in [0.25, 0.3) is 0 Å². The van der Waals surface area contributed by atoms with Gasteiger partial charge in [0.15, 0.2) is 0 Å². The first kappa shape index (κ1) is 18.1. The van der Waals surface area contributed by atoms with Crippen molar-refractivity contribution in [2.45, 2.75) is 6.92 Å². The van der Waals surface area contributed by atoms with E-state index in [1.165, 1.54) is 30.5 Å². The number of anilines is 3. The van der Waals surface area contributed by atoms with E-state index in [2.05, 4.69) is 20.6 Å². The number of carbonyl (C=O) groups is 1. The van der Waals surface area contributed by atoms with Gasteiger partial charge in [0, 0.05) is 22.6 Å². The van der Waals surface area contributed by atoms with Gasteiger partial charge in [0.05, 0.1) is 5.02 Å². The predicted octanol–water partition coefficient (Wildman–Crippen LogP) is 5.23. The molecule has 2 N–H and O–H groups in total. The maximum atomic E-state index is 13.2. The first-order valence-electron chi connectivity index (χ1n) is 7.55. The van der Waals surface area contributed by atoms with Gasteiger partial charge in [-0.25, -0.2) is 14.4 Å². The minimum absolute atomic E-state index is 0.0258. The van der Waals surface area contributed by atoms with Crippen LogP contribution >= 0.6 is 23.2 Å². The molecule has 132 valence electrons. The van der Waals surface area contributed by atoms with Crippen LogP contribution in [0.1, 0.15) is 16.1 Å². The second-order valence-electron chi connectivity index (χ2n) is 5.43. The van der Waals surface area contributed by atoms with Crippen LogP contribution in [0, 0.1) is 12.7 Å². The lowest BCUT2D eigenvalue weighted by atomic mass is 10.2. The van der Waals surface area contributed by atoms with Crippen molar-refractivity contribution >= 4 is 46.4 Å². The van der Waals surface area contributed by atoms with E-state index >= 15 is 0 Å². The van der Waals surface area contributed by atoms with Crippen molar-refractivity contribution in [1.29, 1.82) is 0 Å². The van der Waals surface area contributed by atoms with E-state index in [9.17, 15) is 9.18 Å². The Morgan fingerprint density at radius 2 is 1.92 bits per heavy atom. The summed E-state index contributed by atoms with van der Waals surface area (Å²) in [6, 6.07) is 10.8. The number of carbonyl (C=O) groups excluding carboxylic acids is 1. The molecule has 0 spiro atoms. The third-order valence-electron chi connectivity index (χ3n) is 3.50. The van der Waals surface area contributed by atoms with Gasteiger partial charge in [0.1, 0.15) is 11.5 Å². The number of hydrogen-bond donors (Lipinski definition) is 2. The zero-order valence-corrected chi connectivity index (χ0v) is 15.1. The first-order chi connectivity index (χ1) is 12.4. The summed E-state index contributed by atoms with van der Waals surface area (Å²) in [5.41, 5.74) is 2.14. The van der Waals surface area contributed by atoms with Crippen molar-refractivity contribution in [2.75, 3.05) is 10.6 Å². The van der Waals surface area contributed by atoms with Gasteiger partial charge in [0.2, 0.25) is 5.95 Å². The molecular weight excluding hydrogens is 378 g/mol. The zero-order valence-electron chi connectivity index (χ0n) is 13.6. The Labute approximate surface area is 159 Å². The number of halogens is 3. The van der Waals surface area contributed by atoms with Gasteiger partial charge in [0.25, 0.3) is 5.91 Å². The Balaban J connectivity index is 1.77. The molecule has 1 heterocycles. The fourth-order valence-corrected chi connectivity index (χ4v) is 2.61. The van der Waals surface area contributed by atoms with Crippen LogP contribution in [0.15, 0.2) is 48.7 Å². The van der Waals surface area contributed by atoms with Gasteiger partial charge >= 0.3 is 0 Å². The third kappa shape index (κ3) is 4.28. The lowest BCUT2D eigenvalue weighted by Crippen LogP contribution is -2.15. The lowest BCUT2D eigenvalue weighted by Gasteiger charge is -2.10. The van der Waals surface area contributed by atoms with E-state index in [1.54, 1.807) is 18.2 Å². The molecule has 3 aromatic rings. The number of nitrogens with one attached hydrogen (secondary N) is 2. The van der Waals surface area contributed by atoms with Crippen LogP contribution in [0.3, 0.4) is 0 Å². The van der Waals surface area contributed by atoms with Crippen molar-refractivity contribution in [3.63, 3.8) is 0 Å².